The van der Waals surface area contributed by atoms with Crippen molar-refractivity contribution in [1.82, 2.24) is 9.88 Å². The van der Waals surface area contributed by atoms with E-state index in [0.717, 1.165) is 12.4 Å². The molecule has 42 heavy (non-hydrogen) atoms. The number of aliphatic imine (C=N–C) groups is 1. The van der Waals surface area contributed by atoms with Gasteiger partial charge in [-0.1, -0.05) is 26.0 Å². The number of phenolic OH excluding ortho intramolecular Hbond substituents is 1. The van der Waals surface area contributed by atoms with E-state index in [-0.39, 0.29) is 29.5 Å². The van der Waals surface area contributed by atoms with Gasteiger partial charge in [-0.05, 0) is 37.3 Å². The van der Waals surface area contributed by atoms with Gasteiger partial charge in [0.15, 0.2) is 17.6 Å². The standard InChI is InChI=1S/C29H31F2N5O6/c1-5-39-29(38)23(15(2)3)42-24-21(30)27(40-18-8-6-7-17(13-18)26-34-11-12-36(26)4)35-28(22(24)31)41-20-14-16(25(32)33)9-10-19(20)37/h6-10,13-15,23,37H,5,11-12H2,1-4H3,(H3,32,33). The SMILES string of the molecule is CCOC(=O)C(Oc1c(F)c(Oc2cccc(C3=NCCN3C)c2)nc(Oc2cc(C(=N)N)ccc2O)c1F)C(C)C. The number of pyridine rings is 1. The van der Waals surface area contributed by atoms with Gasteiger partial charge in [-0.3, -0.25) is 10.4 Å². The van der Waals surface area contributed by atoms with Gasteiger partial charge in [-0.15, -0.1) is 0 Å². The highest BCUT2D eigenvalue weighted by atomic mass is 19.1. The van der Waals surface area contributed by atoms with E-state index < -0.39 is 52.9 Å². The first-order valence-electron chi connectivity index (χ1n) is 13.1. The van der Waals surface area contributed by atoms with Crippen LogP contribution in [0.4, 0.5) is 8.78 Å². The van der Waals surface area contributed by atoms with Crippen LogP contribution in [0.25, 0.3) is 0 Å². The number of carbonyl (C=O) groups excluding carboxylic acids is 1. The number of esters is 1. The summed E-state index contributed by atoms with van der Waals surface area (Å²) >= 11 is 0. The molecule has 0 spiro atoms. The Kier molecular flexibility index (Phi) is 9.09. The zero-order chi connectivity index (χ0) is 30.6. The minimum Gasteiger partial charge on any atom is -0.504 e. The van der Waals surface area contributed by atoms with Gasteiger partial charge >= 0.3 is 5.97 Å². The van der Waals surface area contributed by atoms with Crippen molar-refractivity contribution in [2.24, 2.45) is 16.6 Å². The van der Waals surface area contributed by atoms with E-state index in [1.807, 2.05) is 18.0 Å². The molecule has 1 aromatic heterocycles. The lowest BCUT2D eigenvalue weighted by atomic mass is 10.1. The monoisotopic (exact) mass is 583 g/mol. The summed E-state index contributed by atoms with van der Waals surface area (Å²) in [5.41, 5.74) is 6.39. The summed E-state index contributed by atoms with van der Waals surface area (Å²) in [6.07, 6.45) is -1.38. The number of phenols is 1. The molecular weight excluding hydrogens is 552 g/mol. The lowest BCUT2D eigenvalue weighted by Crippen LogP contribution is -2.35. The van der Waals surface area contributed by atoms with Gasteiger partial charge in [0.2, 0.25) is 17.4 Å². The minimum atomic E-state index is -1.40. The van der Waals surface area contributed by atoms with Crippen molar-refractivity contribution in [1.29, 1.82) is 5.41 Å². The van der Waals surface area contributed by atoms with E-state index in [0.29, 0.717) is 12.1 Å². The predicted molar refractivity (Wildman–Crippen MR) is 150 cm³/mol. The number of aromatic hydroxyl groups is 1. The summed E-state index contributed by atoms with van der Waals surface area (Å²) in [6, 6.07) is 10.4. The number of ether oxygens (including phenoxy) is 4. The molecule has 3 aromatic rings. The van der Waals surface area contributed by atoms with Crippen LogP contribution >= 0.6 is 0 Å². The Hall–Kier alpha value is -4.94. The number of nitrogens with one attached hydrogen (secondary N) is 1. The molecule has 2 heterocycles. The second-order valence-corrected chi connectivity index (χ2v) is 9.67. The predicted octanol–water partition coefficient (Wildman–Crippen LogP) is 4.59. The van der Waals surface area contributed by atoms with Crippen LogP contribution in [-0.2, 0) is 9.53 Å². The Morgan fingerprint density at radius 1 is 1.14 bits per heavy atom. The van der Waals surface area contributed by atoms with E-state index in [1.54, 1.807) is 39.0 Å². The van der Waals surface area contributed by atoms with Crippen molar-refractivity contribution >= 4 is 17.6 Å². The fourth-order valence-electron chi connectivity index (χ4n) is 4.05. The van der Waals surface area contributed by atoms with Gasteiger partial charge in [-0.25, -0.2) is 4.79 Å². The molecule has 4 N–H and O–H groups in total. The Labute approximate surface area is 241 Å². The highest BCUT2D eigenvalue weighted by Gasteiger charge is 2.33. The quantitative estimate of drug-likeness (QED) is 0.167. The molecule has 0 bridgehead atoms. The van der Waals surface area contributed by atoms with Gasteiger partial charge in [0, 0.05) is 30.6 Å². The van der Waals surface area contributed by atoms with Crippen molar-refractivity contribution in [2.75, 3.05) is 26.7 Å². The Bertz CT molecular complexity index is 1530. The summed E-state index contributed by atoms with van der Waals surface area (Å²) < 4.78 is 53.5. The maximum Gasteiger partial charge on any atom is 0.347 e. The second kappa shape index (κ2) is 12.7. The number of benzene rings is 2. The maximum atomic E-state index is 15.8. The summed E-state index contributed by atoms with van der Waals surface area (Å²) in [4.78, 5) is 22.9. The number of amidine groups is 2. The van der Waals surface area contributed by atoms with E-state index >= 15 is 8.78 Å². The number of rotatable bonds is 11. The van der Waals surface area contributed by atoms with E-state index in [2.05, 4.69) is 9.98 Å². The van der Waals surface area contributed by atoms with E-state index in [9.17, 15) is 9.90 Å². The van der Waals surface area contributed by atoms with Crippen molar-refractivity contribution in [3.8, 4) is 34.8 Å². The molecule has 0 radical (unpaired) electrons. The summed E-state index contributed by atoms with van der Waals surface area (Å²) in [7, 11) is 1.89. The zero-order valence-corrected chi connectivity index (χ0v) is 23.5. The highest BCUT2D eigenvalue weighted by molar-refractivity contribution is 6.00. The molecule has 13 heteroatoms. The van der Waals surface area contributed by atoms with Gasteiger partial charge < -0.3 is 34.7 Å². The first-order valence-corrected chi connectivity index (χ1v) is 13.1. The first-order chi connectivity index (χ1) is 20.0. The number of likely N-dealkylation sites (N-methyl/N-ethyl adjacent to an activating group) is 1. The zero-order valence-electron chi connectivity index (χ0n) is 23.5. The fourth-order valence-corrected chi connectivity index (χ4v) is 4.05. The number of hydrogen-bond donors (Lipinski definition) is 3. The van der Waals surface area contributed by atoms with Gasteiger partial charge in [0.1, 0.15) is 17.4 Å². The van der Waals surface area contributed by atoms with Crippen molar-refractivity contribution < 1.29 is 37.6 Å². The molecule has 0 saturated heterocycles. The minimum absolute atomic E-state index is 0.0258. The summed E-state index contributed by atoms with van der Waals surface area (Å²) in [5, 5.41) is 17.9. The van der Waals surface area contributed by atoms with E-state index in [1.165, 1.54) is 18.2 Å². The lowest BCUT2D eigenvalue weighted by Gasteiger charge is -2.22. The molecule has 0 amide bonds. The largest absolute Gasteiger partial charge is 0.504 e. The number of carbonyl (C=O) groups is 1. The molecule has 2 aromatic carbocycles. The molecule has 0 fully saturated rings. The second-order valence-electron chi connectivity index (χ2n) is 9.67. The average Bonchev–Trinajstić information content (AvgIpc) is 3.38. The van der Waals surface area contributed by atoms with Crippen LogP contribution < -0.4 is 19.9 Å². The molecule has 1 atom stereocenters. The van der Waals surface area contributed by atoms with Crippen LogP contribution in [0.15, 0.2) is 47.5 Å². The van der Waals surface area contributed by atoms with Crippen molar-refractivity contribution in [3.63, 3.8) is 0 Å². The van der Waals surface area contributed by atoms with Crippen LogP contribution in [0.1, 0.15) is 31.9 Å². The topological polar surface area (TPSA) is 153 Å². The lowest BCUT2D eigenvalue weighted by molar-refractivity contribution is -0.153. The molecule has 1 aliphatic rings. The van der Waals surface area contributed by atoms with Crippen LogP contribution in [0.5, 0.6) is 34.8 Å². The molecule has 0 saturated carbocycles. The molecule has 1 unspecified atom stereocenters. The highest BCUT2D eigenvalue weighted by Crippen LogP contribution is 2.40. The van der Waals surface area contributed by atoms with Gasteiger partial charge in [0.05, 0.1) is 13.2 Å². The van der Waals surface area contributed by atoms with Crippen molar-refractivity contribution in [2.45, 2.75) is 26.9 Å². The van der Waals surface area contributed by atoms with Gasteiger partial charge in [0.25, 0.3) is 11.8 Å². The molecular formula is C29H31F2N5O6. The molecule has 222 valence electrons. The number of nitrogens with two attached hydrogens (primary N) is 1. The molecule has 4 rings (SSSR count). The van der Waals surface area contributed by atoms with Crippen molar-refractivity contribution in [3.05, 3.63) is 65.2 Å². The third kappa shape index (κ3) is 6.51. The fraction of sp³-hybridized carbons (Fsp3) is 0.310. The number of nitrogen functional groups attached to an aromatic ring is 1. The number of halogens is 2. The molecule has 1 aliphatic heterocycles. The number of nitrogens with zero attached hydrogens (tertiary/aromatic N) is 3. The van der Waals surface area contributed by atoms with Crippen LogP contribution in [0.3, 0.4) is 0 Å². The first kappa shape index (κ1) is 30.0. The number of hydrogen-bond acceptors (Lipinski definition) is 10. The Balaban J connectivity index is 1.80. The summed E-state index contributed by atoms with van der Waals surface area (Å²) in [6.45, 7) is 6.22. The Morgan fingerprint density at radius 3 is 2.48 bits per heavy atom. The maximum absolute atomic E-state index is 15.8. The van der Waals surface area contributed by atoms with Crippen LogP contribution in [0.2, 0.25) is 0 Å². The van der Waals surface area contributed by atoms with Crippen LogP contribution in [0, 0.1) is 23.0 Å². The average molecular weight is 584 g/mol. The van der Waals surface area contributed by atoms with Gasteiger partial charge in [-0.2, -0.15) is 13.8 Å². The third-order valence-electron chi connectivity index (χ3n) is 6.19. The normalized spacial score (nSPS) is 13.5. The molecule has 0 aliphatic carbocycles. The molecule has 11 nitrogen and oxygen atoms in total. The summed E-state index contributed by atoms with van der Waals surface area (Å²) in [5.74, 6) is -6.90. The number of aromatic nitrogens is 1. The smallest absolute Gasteiger partial charge is 0.347 e. The Morgan fingerprint density at radius 2 is 1.86 bits per heavy atom. The van der Waals surface area contributed by atoms with E-state index in [4.69, 9.17) is 30.1 Å². The van der Waals surface area contributed by atoms with Crippen LogP contribution in [-0.4, -0.2) is 65.5 Å². The third-order valence-corrected chi connectivity index (χ3v) is 6.19.